The lowest BCUT2D eigenvalue weighted by molar-refractivity contribution is -0.130. The number of hydrogen-bond acceptors (Lipinski definition) is 5. The molecular weight excluding hydrogens is 308 g/mol. The number of carbonyl (C=O) groups excluding carboxylic acids is 2. The molecule has 0 saturated carbocycles. The van der Waals surface area contributed by atoms with Crippen LogP contribution in [0.1, 0.15) is 25.6 Å². The molecule has 2 N–H and O–H groups in total. The summed E-state index contributed by atoms with van der Waals surface area (Å²) in [5, 5.41) is 5.36. The van der Waals surface area contributed by atoms with Crippen LogP contribution in [0.15, 0.2) is 18.2 Å². The van der Waals surface area contributed by atoms with E-state index in [2.05, 4.69) is 20.5 Å². The fraction of sp³-hybridized carbons (Fsp3) is 0.588. The van der Waals surface area contributed by atoms with Crippen molar-refractivity contribution < 1.29 is 14.3 Å². The predicted molar refractivity (Wildman–Crippen MR) is 89.5 cm³/mol. The van der Waals surface area contributed by atoms with Gasteiger partial charge in [0.15, 0.2) is 6.04 Å². The van der Waals surface area contributed by atoms with Gasteiger partial charge in [0.05, 0.1) is 24.3 Å². The first-order chi connectivity index (χ1) is 11.4. The van der Waals surface area contributed by atoms with E-state index in [0.29, 0.717) is 11.1 Å². The van der Waals surface area contributed by atoms with Gasteiger partial charge in [-0.25, -0.2) is 4.98 Å². The number of hydrogen-bond donors (Lipinski definition) is 2. The van der Waals surface area contributed by atoms with E-state index in [9.17, 15) is 9.59 Å². The predicted octanol–water partition coefficient (Wildman–Crippen LogP) is 0.477. The molecule has 2 fully saturated rings. The zero-order valence-electron chi connectivity index (χ0n) is 14.3. The molecular formula is C17H24N4O3. The van der Waals surface area contributed by atoms with Crippen LogP contribution in [0.2, 0.25) is 0 Å². The Hall–Kier alpha value is -2.15. The zero-order valence-corrected chi connectivity index (χ0v) is 14.3. The number of nitrogens with one attached hydrogen (secondary N) is 2. The highest BCUT2D eigenvalue weighted by Crippen LogP contribution is 2.39. The average molecular weight is 332 g/mol. The summed E-state index contributed by atoms with van der Waals surface area (Å²) >= 11 is 0. The molecule has 0 radical (unpaired) electrons. The van der Waals surface area contributed by atoms with E-state index in [1.165, 1.54) is 0 Å². The molecule has 0 aromatic carbocycles. The molecule has 2 aliphatic rings. The Balaban J connectivity index is 1.76. The minimum Gasteiger partial charge on any atom is -0.380 e. The molecule has 0 aliphatic carbocycles. The van der Waals surface area contributed by atoms with E-state index in [1.807, 2.05) is 12.1 Å². The highest BCUT2D eigenvalue weighted by Gasteiger charge is 2.49. The van der Waals surface area contributed by atoms with Crippen molar-refractivity contribution in [3.05, 3.63) is 23.9 Å². The Labute approximate surface area is 141 Å². The van der Waals surface area contributed by atoms with Crippen molar-refractivity contribution in [2.24, 2.45) is 11.3 Å². The Bertz CT molecular complexity index is 634. The fourth-order valence-electron chi connectivity index (χ4n) is 3.00. The van der Waals surface area contributed by atoms with Crippen LogP contribution >= 0.6 is 0 Å². The Morgan fingerprint density at radius 1 is 1.25 bits per heavy atom. The van der Waals surface area contributed by atoms with Crippen LogP contribution in [0.3, 0.4) is 0 Å². The number of aromatic nitrogens is 1. The lowest BCUT2D eigenvalue weighted by atomic mass is 9.78. The summed E-state index contributed by atoms with van der Waals surface area (Å²) in [7, 11) is 1.55. The van der Waals surface area contributed by atoms with Gasteiger partial charge in [0, 0.05) is 26.1 Å². The number of ether oxygens (including phenoxy) is 1. The largest absolute Gasteiger partial charge is 0.380 e. The molecule has 1 aromatic heterocycles. The maximum absolute atomic E-state index is 12.2. The quantitative estimate of drug-likeness (QED) is 0.819. The van der Waals surface area contributed by atoms with Crippen molar-refractivity contribution in [2.75, 3.05) is 38.3 Å². The van der Waals surface area contributed by atoms with Gasteiger partial charge in [0.25, 0.3) is 0 Å². The van der Waals surface area contributed by atoms with Crippen LogP contribution in [0.5, 0.6) is 0 Å². The molecule has 1 unspecified atom stereocenters. The molecule has 3 heterocycles. The topological polar surface area (TPSA) is 83.6 Å². The van der Waals surface area contributed by atoms with Gasteiger partial charge in [0.2, 0.25) is 11.8 Å². The van der Waals surface area contributed by atoms with Crippen molar-refractivity contribution >= 4 is 17.6 Å². The second-order valence-electron chi connectivity index (χ2n) is 6.98. The first kappa shape index (κ1) is 16.7. The summed E-state index contributed by atoms with van der Waals surface area (Å²) in [5.74, 6) is 0.179. The lowest BCUT2D eigenvalue weighted by Gasteiger charge is -2.55. The number of carbonyl (C=O) groups is 2. The summed E-state index contributed by atoms with van der Waals surface area (Å²) in [6.07, 6.45) is 0. The van der Waals surface area contributed by atoms with E-state index in [-0.39, 0.29) is 17.7 Å². The van der Waals surface area contributed by atoms with E-state index < -0.39 is 6.04 Å². The van der Waals surface area contributed by atoms with Crippen molar-refractivity contribution in [1.29, 1.82) is 0 Å². The molecule has 7 heteroatoms. The van der Waals surface area contributed by atoms with Gasteiger partial charge >= 0.3 is 0 Å². The van der Waals surface area contributed by atoms with Crippen LogP contribution in [0.4, 0.5) is 5.82 Å². The number of rotatable bonds is 5. The van der Waals surface area contributed by atoms with Crippen molar-refractivity contribution in [1.82, 2.24) is 15.6 Å². The van der Waals surface area contributed by atoms with E-state index in [0.717, 1.165) is 32.1 Å². The molecule has 2 saturated heterocycles. The average Bonchev–Trinajstić information content (AvgIpc) is 2.49. The highest BCUT2D eigenvalue weighted by molar-refractivity contribution is 5.88. The van der Waals surface area contributed by atoms with Gasteiger partial charge in [-0.3, -0.25) is 9.59 Å². The maximum atomic E-state index is 12.2. The Morgan fingerprint density at radius 2 is 1.96 bits per heavy atom. The van der Waals surface area contributed by atoms with Gasteiger partial charge in [-0.2, -0.15) is 0 Å². The van der Waals surface area contributed by atoms with E-state index in [1.54, 1.807) is 27.0 Å². The number of likely N-dealkylation sites (N-methyl/N-ethyl adjacent to an activating group) is 1. The molecule has 3 rings (SSSR count). The van der Waals surface area contributed by atoms with Crippen molar-refractivity contribution in [2.45, 2.75) is 19.9 Å². The van der Waals surface area contributed by atoms with E-state index >= 15 is 0 Å². The minimum absolute atomic E-state index is 0.176. The molecule has 130 valence electrons. The molecule has 7 nitrogen and oxygen atoms in total. The summed E-state index contributed by atoms with van der Waals surface area (Å²) in [5.41, 5.74) is 0.843. The Kier molecular flexibility index (Phi) is 4.45. The minimum atomic E-state index is -0.785. The zero-order chi connectivity index (χ0) is 17.3. The lowest BCUT2D eigenvalue weighted by Crippen LogP contribution is -2.66. The summed E-state index contributed by atoms with van der Waals surface area (Å²) in [6, 6.07) is 4.79. The SMILES string of the molecule is CNC(=O)C(NC(=O)C(C)C)c1cccc(N2CC3(COC3)C2)n1. The standard InChI is InChI=1S/C17H24N4O3/c1-11(2)15(22)20-14(16(23)18-3)12-5-4-6-13(19-12)21-7-17(8-21)9-24-10-17/h4-6,11,14H,7-10H2,1-3H3,(H,18,23)(H,20,22). The van der Waals surface area contributed by atoms with Gasteiger partial charge in [0.1, 0.15) is 5.82 Å². The number of pyridine rings is 1. The summed E-state index contributed by atoms with van der Waals surface area (Å²) in [4.78, 5) is 31.0. The fourth-order valence-corrected chi connectivity index (χ4v) is 3.00. The third kappa shape index (κ3) is 3.08. The first-order valence-corrected chi connectivity index (χ1v) is 8.26. The third-order valence-corrected chi connectivity index (χ3v) is 4.56. The normalized spacial score (nSPS) is 19.4. The highest BCUT2D eigenvalue weighted by atomic mass is 16.5. The van der Waals surface area contributed by atoms with Crippen LogP contribution < -0.4 is 15.5 Å². The molecule has 2 amide bonds. The third-order valence-electron chi connectivity index (χ3n) is 4.56. The number of anilines is 1. The van der Waals surface area contributed by atoms with Gasteiger partial charge < -0.3 is 20.3 Å². The second-order valence-corrected chi connectivity index (χ2v) is 6.98. The van der Waals surface area contributed by atoms with E-state index in [4.69, 9.17) is 4.74 Å². The summed E-state index contributed by atoms with van der Waals surface area (Å²) in [6.45, 7) is 7.06. The van der Waals surface area contributed by atoms with Crippen molar-refractivity contribution in [3.63, 3.8) is 0 Å². The van der Waals surface area contributed by atoms with Gasteiger partial charge in [-0.05, 0) is 12.1 Å². The van der Waals surface area contributed by atoms with Crippen molar-refractivity contribution in [3.8, 4) is 0 Å². The summed E-state index contributed by atoms with van der Waals surface area (Å²) < 4.78 is 5.29. The molecule has 24 heavy (non-hydrogen) atoms. The molecule has 2 aliphatic heterocycles. The number of nitrogens with zero attached hydrogens (tertiary/aromatic N) is 2. The van der Waals surface area contributed by atoms with Gasteiger partial charge in [-0.15, -0.1) is 0 Å². The van der Waals surface area contributed by atoms with Crippen LogP contribution in [-0.2, 0) is 14.3 Å². The maximum Gasteiger partial charge on any atom is 0.248 e. The molecule has 0 bridgehead atoms. The second kappa shape index (κ2) is 6.39. The van der Waals surface area contributed by atoms with Crippen LogP contribution in [0, 0.1) is 11.3 Å². The monoisotopic (exact) mass is 332 g/mol. The molecule has 1 atom stereocenters. The molecule has 1 aromatic rings. The number of amides is 2. The van der Waals surface area contributed by atoms with Crippen LogP contribution in [-0.4, -0.2) is 50.1 Å². The van der Waals surface area contributed by atoms with Gasteiger partial charge in [-0.1, -0.05) is 19.9 Å². The smallest absolute Gasteiger partial charge is 0.248 e. The Morgan fingerprint density at radius 3 is 2.50 bits per heavy atom. The first-order valence-electron chi connectivity index (χ1n) is 8.26. The van der Waals surface area contributed by atoms with Crippen LogP contribution in [0.25, 0.3) is 0 Å². The molecule has 1 spiro atoms.